The molecule has 0 saturated carbocycles. The second-order valence-corrected chi connectivity index (χ2v) is 7.30. The van der Waals surface area contributed by atoms with Gasteiger partial charge >= 0.3 is 6.03 Å². The van der Waals surface area contributed by atoms with Gasteiger partial charge in [-0.3, -0.25) is 4.79 Å². The smallest absolute Gasteiger partial charge is 0.315 e. The van der Waals surface area contributed by atoms with Gasteiger partial charge in [0.1, 0.15) is 6.04 Å². The molecule has 1 aliphatic rings. The minimum Gasteiger partial charge on any atom is -0.343 e. The number of thiazole rings is 1. The van der Waals surface area contributed by atoms with Crippen molar-refractivity contribution in [3.8, 4) is 0 Å². The lowest BCUT2D eigenvalue weighted by atomic mass is 9.98. The van der Waals surface area contributed by atoms with Crippen molar-refractivity contribution in [2.24, 2.45) is 0 Å². The summed E-state index contributed by atoms with van der Waals surface area (Å²) >= 11 is 7.55. The minimum atomic E-state index is -0.593. The summed E-state index contributed by atoms with van der Waals surface area (Å²) in [6, 6.07) is 12.0. The lowest BCUT2D eigenvalue weighted by molar-refractivity contribution is -0.122. The molecule has 6 nitrogen and oxygen atoms in total. The molecule has 1 aliphatic heterocycles. The molecule has 1 aromatic heterocycles. The SMILES string of the molecule is O=C1NC[C@@H](C(=O)NC(c2ccc(Cl)cc2)c2ccc3ncsc3c2)N1. The van der Waals surface area contributed by atoms with Gasteiger partial charge in [0.05, 0.1) is 21.8 Å². The van der Waals surface area contributed by atoms with Crippen LogP contribution in [0.2, 0.25) is 5.02 Å². The Morgan fingerprint density at radius 1 is 1.23 bits per heavy atom. The van der Waals surface area contributed by atoms with E-state index in [1.807, 2.05) is 30.3 Å². The summed E-state index contributed by atoms with van der Waals surface area (Å²) in [6.07, 6.45) is 0. The Morgan fingerprint density at radius 3 is 2.73 bits per heavy atom. The van der Waals surface area contributed by atoms with Crippen LogP contribution in [0.1, 0.15) is 17.2 Å². The predicted molar refractivity (Wildman–Crippen MR) is 101 cm³/mol. The Morgan fingerprint density at radius 2 is 2.00 bits per heavy atom. The van der Waals surface area contributed by atoms with E-state index < -0.39 is 6.04 Å². The van der Waals surface area contributed by atoms with Crippen LogP contribution < -0.4 is 16.0 Å². The minimum absolute atomic E-state index is 0.243. The van der Waals surface area contributed by atoms with Crippen LogP contribution in [0.25, 0.3) is 10.2 Å². The van der Waals surface area contributed by atoms with E-state index in [4.69, 9.17) is 11.6 Å². The molecule has 3 amide bonds. The van der Waals surface area contributed by atoms with Crippen molar-refractivity contribution in [1.82, 2.24) is 20.9 Å². The molecule has 132 valence electrons. The summed E-state index contributed by atoms with van der Waals surface area (Å²) in [5.41, 5.74) is 4.56. The van der Waals surface area contributed by atoms with Crippen LogP contribution >= 0.6 is 22.9 Å². The van der Waals surface area contributed by atoms with Crippen molar-refractivity contribution in [1.29, 1.82) is 0 Å². The molecule has 3 aromatic rings. The number of benzene rings is 2. The number of nitrogens with one attached hydrogen (secondary N) is 3. The van der Waals surface area contributed by atoms with E-state index in [2.05, 4.69) is 20.9 Å². The molecule has 2 aromatic carbocycles. The molecule has 2 atom stereocenters. The number of halogens is 1. The number of carbonyl (C=O) groups excluding carboxylic acids is 2. The highest BCUT2D eigenvalue weighted by atomic mass is 35.5. The Labute approximate surface area is 158 Å². The Kier molecular flexibility index (Phi) is 4.48. The fourth-order valence-electron chi connectivity index (χ4n) is 2.92. The molecule has 0 aliphatic carbocycles. The van der Waals surface area contributed by atoms with Gasteiger partial charge < -0.3 is 16.0 Å². The fraction of sp³-hybridized carbons (Fsp3) is 0.167. The van der Waals surface area contributed by atoms with Crippen LogP contribution in [0.5, 0.6) is 0 Å². The zero-order valence-corrected chi connectivity index (χ0v) is 15.1. The first-order valence-corrected chi connectivity index (χ1v) is 9.29. The van der Waals surface area contributed by atoms with Gasteiger partial charge in [0, 0.05) is 11.6 Å². The Bertz CT molecular complexity index is 973. The third-order valence-corrected chi connectivity index (χ3v) is 5.31. The van der Waals surface area contributed by atoms with E-state index in [-0.39, 0.29) is 24.5 Å². The number of carbonyl (C=O) groups is 2. The number of rotatable bonds is 4. The number of urea groups is 1. The fourth-order valence-corrected chi connectivity index (χ4v) is 3.77. The number of fused-ring (bicyclic) bond motifs is 1. The molecule has 4 rings (SSSR count). The summed E-state index contributed by atoms with van der Waals surface area (Å²) in [5.74, 6) is -0.243. The van der Waals surface area contributed by atoms with Crippen LogP contribution in [0.3, 0.4) is 0 Å². The lowest BCUT2D eigenvalue weighted by Gasteiger charge is -2.22. The van der Waals surface area contributed by atoms with Crippen molar-refractivity contribution in [2.75, 3.05) is 6.54 Å². The largest absolute Gasteiger partial charge is 0.343 e. The number of aromatic nitrogens is 1. The van der Waals surface area contributed by atoms with Gasteiger partial charge in [0.15, 0.2) is 0 Å². The van der Waals surface area contributed by atoms with Crippen molar-refractivity contribution in [2.45, 2.75) is 12.1 Å². The third kappa shape index (κ3) is 3.36. The standard InChI is InChI=1S/C18H15ClN4O2S/c19-12-4-1-10(2-5-12)16(23-17(24)14-8-20-18(25)22-14)11-3-6-13-15(7-11)26-9-21-13/h1-7,9,14,16H,8H2,(H,23,24)(H2,20,22,25)/t14-,16?/m0/s1. The molecule has 0 spiro atoms. The molecule has 1 unspecified atom stereocenters. The molecule has 1 saturated heterocycles. The van der Waals surface area contributed by atoms with Gasteiger partial charge in [-0.05, 0) is 35.4 Å². The molecular formula is C18H15ClN4O2S. The second-order valence-electron chi connectivity index (χ2n) is 5.98. The maximum atomic E-state index is 12.6. The highest BCUT2D eigenvalue weighted by molar-refractivity contribution is 7.16. The van der Waals surface area contributed by atoms with E-state index in [0.717, 1.165) is 21.3 Å². The Balaban J connectivity index is 1.67. The zero-order valence-electron chi connectivity index (χ0n) is 13.5. The monoisotopic (exact) mass is 386 g/mol. The van der Waals surface area contributed by atoms with Crippen LogP contribution in [0, 0.1) is 0 Å². The van der Waals surface area contributed by atoms with Crippen molar-refractivity contribution < 1.29 is 9.59 Å². The first-order valence-electron chi connectivity index (χ1n) is 8.03. The van der Waals surface area contributed by atoms with Gasteiger partial charge in [-0.1, -0.05) is 29.8 Å². The summed E-state index contributed by atoms with van der Waals surface area (Å²) in [6.45, 7) is 0.270. The maximum absolute atomic E-state index is 12.6. The van der Waals surface area contributed by atoms with E-state index in [1.165, 1.54) is 0 Å². The number of hydrogen-bond donors (Lipinski definition) is 3. The van der Waals surface area contributed by atoms with Crippen molar-refractivity contribution in [3.63, 3.8) is 0 Å². The van der Waals surface area contributed by atoms with Gasteiger partial charge in [-0.25, -0.2) is 9.78 Å². The number of hydrogen-bond acceptors (Lipinski definition) is 4. The first kappa shape index (κ1) is 16.8. The second kappa shape index (κ2) is 6.93. The van der Waals surface area contributed by atoms with Crippen molar-refractivity contribution >= 4 is 45.1 Å². The van der Waals surface area contributed by atoms with Gasteiger partial charge in [0.2, 0.25) is 5.91 Å². The van der Waals surface area contributed by atoms with Gasteiger partial charge in [-0.15, -0.1) is 11.3 Å². The zero-order chi connectivity index (χ0) is 18.1. The average Bonchev–Trinajstić information content (AvgIpc) is 3.28. The van der Waals surface area contributed by atoms with E-state index in [1.54, 1.807) is 29.0 Å². The van der Waals surface area contributed by atoms with Crippen molar-refractivity contribution in [3.05, 3.63) is 64.1 Å². The van der Waals surface area contributed by atoms with E-state index in [0.29, 0.717) is 5.02 Å². The average molecular weight is 387 g/mol. The maximum Gasteiger partial charge on any atom is 0.315 e. The molecule has 8 heteroatoms. The highest BCUT2D eigenvalue weighted by Crippen LogP contribution is 2.28. The predicted octanol–water partition coefficient (Wildman–Crippen LogP) is 2.84. The topological polar surface area (TPSA) is 83.1 Å². The molecule has 1 fully saturated rings. The van der Waals surface area contributed by atoms with E-state index in [9.17, 15) is 9.59 Å². The molecule has 2 heterocycles. The number of amides is 3. The van der Waals surface area contributed by atoms with E-state index >= 15 is 0 Å². The normalized spacial score (nSPS) is 17.6. The first-order chi connectivity index (χ1) is 12.6. The molecule has 3 N–H and O–H groups in total. The lowest BCUT2D eigenvalue weighted by Crippen LogP contribution is -2.44. The third-order valence-electron chi connectivity index (χ3n) is 4.27. The summed E-state index contributed by atoms with van der Waals surface area (Å²) in [4.78, 5) is 28.2. The molecular weight excluding hydrogens is 372 g/mol. The summed E-state index contributed by atoms with van der Waals surface area (Å²) in [7, 11) is 0. The van der Waals surface area contributed by atoms with Crippen LogP contribution in [0.4, 0.5) is 4.79 Å². The molecule has 0 radical (unpaired) electrons. The number of nitrogens with zero attached hydrogens (tertiary/aromatic N) is 1. The summed E-state index contributed by atoms with van der Waals surface area (Å²) in [5, 5.41) is 8.87. The highest BCUT2D eigenvalue weighted by Gasteiger charge is 2.29. The van der Waals surface area contributed by atoms with Crippen LogP contribution in [0.15, 0.2) is 48.0 Å². The Hall–Kier alpha value is -2.64. The molecule has 26 heavy (non-hydrogen) atoms. The van der Waals surface area contributed by atoms with Gasteiger partial charge in [-0.2, -0.15) is 0 Å². The molecule has 0 bridgehead atoms. The van der Waals surface area contributed by atoms with Crippen LogP contribution in [-0.2, 0) is 4.79 Å². The van der Waals surface area contributed by atoms with Crippen LogP contribution in [-0.4, -0.2) is 29.5 Å². The quantitative estimate of drug-likeness (QED) is 0.644. The van der Waals surface area contributed by atoms with Gasteiger partial charge in [0.25, 0.3) is 0 Å². The summed E-state index contributed by atoms with van der Waals surface area (Å²) < 4.78 is 1.05.